The van der Waals surface area contributed by atoms with Gasteiger partial charge in [0.1, 0.15) is 11.7 Å². The van der Waals surface area contributed by atoms with Crippen LogP contribution in [0.4, 0.5) is 4.79 Å². The Morgan fingerprint density at radius 3 is 2.44 bits per heavy atom. The van der Waals surface area contributed by atoms with Gasteiger partial charge in [0.2, 0.25) is 7.98 Å². The molecule has 0 saturated heterocycles. The first-order valence-electron chi connectivity index (χ1n) is 9.36. The second-order valence-electron chi connectivity index (χ2n) is 7.28. The van der Waals surface area contributed by atoms with Gasteiger partial charge in [-0.15, -0.1) is 0 Å². The number of esters is 1. The number of sulfone groups is 1. The standard InChI is InChI=1S/C18H28BNO6S/c1-18(2,3)26-16(21)12-8-9-14(25-17(22)20(4)19)13-27(23,24)15-10-6-5-7-11-15/h5-7,10-11,14H,8-9,12-13,19H2,1-4H3/i4D. The molecule has 1 rings (SSSR count). The van der Waals surface area contributed by atoms with Gasteiger partial charge in [-0.1, -0.05) is 18.2 Å². The molecular weight excluding hydrogens is 369 g/mol. The normalized spacial score (nSPS) is 13.4. The number of amides is 1. The van der Waals surface area contributed by atoms with E-state index in [0.29, 0.717) is 6.42 Å². The third kappa shape index (κ3) is 8.95. The van der Waals surface area contributed by atoms with Gasteiger partial charge >= 0.3 is 12.1 Å². The Hall–Kier alpha value is -2.03. The third-order valence-corrected chi connectivity index (χ3v) is 5.21. The highest BCUT2D eigenvalue weighted by Gasteiger charge is 2.25. The molecule has 0 aliphatic heterocycles. The van der Waals surface area contributed by atoms with E-state index < -0.39 is 39.4 Å². The van der Waals surface area contributed by atoms with E-state index in [4.69, 9.17) is 10.8 Å². The molecule has 0 aromatic heterocycles. The van der Waals surface area contributed by atoms with Crippen molar-refractivity contribution in [2.45, 2.75) is 56.6 Å². The zero-order chi connectivity index (χ0) is 21.4. The van der Waals surface area contributed by atoms with E-state index in [1.807, 2.05) is 0 Å². The van der Waals surface area contributed by atoms with Crippen molar-refractivity contribution in [2.24, 2.45) is 0 Å². The van der Waals surface area contributed by atoms with Crippen LogP contribution in [0.25, 0.3) is 0 Å². The summed E-state index contributed by atoms with van der Waals surface area (Å²) in [7, 11) is -2.60. The van der Waals surface area contributed by atoms with Crippen molar-refractivity contribution in [3.05, 3.63) is 30.3 Å². The maximum atomic E-state index is 12.6. The number of nitrogens with zero attached hydrogens (tertiary/aromatic N) is 1. The van der Waals surface area contributed by atoms with Crippen molar-refractivity contribution in [1.29, 1.82) is 0 Å². The molecule has 0 aliphatic rings. The monoisotopic (exact) mass is 398 g/mol. The van der Waals surface area contributed by atoms with Crippen LogP contribution in [0, 0.1) is 0 Å². The third-order valence-electron chi connectivity index (χ3n) is 3.41. The number of hydrogen-bond acceptors (Lipinski definition) is 6. The SMILES string of the molecule is [2H]CN(B)C(=O)OC(CCCC(=O)OC(C)(C)C)CS(=O)(=O)c1ccccc1. The van der Waals surface area contributed by atoms with Crippen LogP contribution in [-0.2, 0) is 24.1 Å². The fourth-order valence-corrected chi connectivity index (χ4v) is 3.73. The highest BCUT2D eigenvalue weighted by Crippen LogP contribution is 2.17. The second kappa shape index (κ2) is 9.78. The van der Waals surface area contributed by atoms with Gasteiger partial charge in [-0.05, 0) is 52.8 Å². The van der Waals surface area contributed by atoms with E-state index in [1.165, 1.54) is 20.1 Å². The predicted molar refractivity (Wildman–Crippen MR) is 105 cm³/mol. The quantitative estimate of drug-likeness (QED) is 0.491. The summed E-state index contributed by atoms with van der Waals surface area (Å²) in [4.78, 5) is 25.0. The molecule has 0 saturated carbocycles. The lowest BCUT2D eigenvalue weighted by Gasteiger charge is -2.22. The Labute approximate surface area is 163 Å². The molecule has 150 valence electrons. The number of hydrogen-bond donors (Lipinski definition) is 0. The van der Waals surface area contributed by atoms with Gasteiger partial charge in [-0.3, -0.25) is 4.79 Å². The van der Waals surface area contributed by atoms with Gasteiger partial charge in [0, 0.05) is 7.79 Å². The van der Waals surface area contributed by atoms with Crippen LogP contribution in [0.5, 0.6) is 0 Å². The first kappa shape index (κ1) is 21.3. The van der Waals surface area contributed by atoms with Gasteiger partial charge in [0.15, 0.2) is 9.84 Å². The van der Waals surface area contributed by atoms with Crippen LogP contribution in [0.3, 0.4) is 0 Å². The van der Waals surface area contributed by atoms with E-state index in [1.54, 1.807) is 39.0 Å². The Balaban J connectivity index is 2.79. The largest absolute Gasteiger partial charge is 0.460 e. The summed E-state index contributed by atoms with van der Waals surface area (Å²) >= 11 is 0. The molecule has 0 aliphatic carbocycles. The Morgan fingerprint density at radius 2 is 1.89 bits per heavy atom. The Bertz CT molecular complexity index is 751. The fourth-order valence-electron chi connectivity index (χ4n) is 2.24. The van der Waals surface area contributed by atoms with Crippen molar-refractivity contribution in [3.63, 3.8) is 0 Å². The molecule has 0 fully saturated rings. The lowest BCUT2D eigenvalue weighted by molar-refractivity contribution is -0.155. The molecule has 1 aromatic rings. The fraction of sp³-hybridized carbons (Fsp3) is 0.556. The Kier molecular flexibility index (Phi) is 7.71. The zero-order valence-corrected chi connectivity index (χ0v) is 17.1. The van der Waals surface area contributed by atoms with Gasteiger partial charge in [0.25, 0.3) is 0 Å². The summed E-state index contributed by atoms with van der Waals surface area (Å²) in [6, 6.07) is 7.89. The lowest BCUT2D eigenvalue weighted by Crippen LogP contribution is -2.33. The van der Waals surface area contributed by atoms with Crippen LogP contribution < -0.4 is 0 Å². The molecule has 0 N–H and O–H groups in total. The second-order valence-corrected chi connectivity index (χ2v) is 9.31. The van der Waals surface area contributed by atoms with Crippen LogP contribution >= 0.6 is 0 Å². The summed E-state index contributed by atoms with van der Waals surface area (Å²) in [6.45, 7) is 5.29. The average molecular weight is 398 g/mol. The minimum atomic E-state index is -3.68. The highest BCUT2D eigenvalue weighted by atomic mass is 32.2. The van der Waals surface area contributed by atoms with Crippen LogP contribution in [0.2, 0.25) is 0 Å². The van der Waals surface area contributed by atoms with Gasteiger partial charge in [-0.25, -0.2) is 13.2 Å². The average Bonchev–Trinajstić information content (AvgIpc) is 2.59. The molecule has 1 amide bonds. The number of benzene rings is 1. The summed E-state index contributed by atoms with van der Waals surface area (Å²) in [5, 5.41) is 0. The highest BCUT2D eigenvalue weighted by molar-refractivity contribution is 7.91. The molecule has 1 atom stereocenters. The number of ether oxygens (including phenoxy) is 2. The summed E-state index contributed by atoms with van der Waals surface area (Å²) < 4.78 is 43.0. The molecular formula is C18H28BNO6S. The van der Waals surface area contributed by atoms with E-state index in [0.717, 1.165) is 4.81 Å². The van der Waals surface area contributed by atoms with Gasteiger partial charge in [-0.2, -0.15) is 0 Å². The maximum Gasteiger partial charge on any atom is 0.396 e. The van der Waals surface area contributed by atoms with Gasteiger partial charge in [0.05, 0.1) is 10.6 Å². The van der Waals surface area contributed by atoms with Crippen LogP contribution in [0.15, 0.2) is 35.2 Å². The lowest BCUT2D eigenvalue weighted by atomic mass is 10.1. The summed E-state index contributed by atoms with van der Waals surface area (Å²) in [6.07, 6.45) is -1.13. The maximum absolute atomic E-state index is 12.6. The smallest absolute Gasteiger partial charge is 0.396 e. The van der Waals surface area contributed by atoms with E-state index >= 15 is 0 Å². The molecule has 27 heavy (non-hydrogen) atoms. The molecule has 0 spiro atoms. The molecule has 9 heteroatoms. The van der Waals surface area contributed by atoms with Crippen molar-refractivity contribution < 1.29 is 28.9 Å². The molecule has 1 aromatic carbocycles. The first-order valence-corrected chi connectivity index (χ1v) is 10.3. The van der Waals surface area contributed by atoms with E-state index in [2.05, 4.69) is 0 Å². The minimum Gasteiger partial charge on any atom is -0.460 e. The van der Waals surface area contributed by atoms with Crippen molar-refractivity contribution in [2.75, 3.05) is 12.8 Å². The van der Waals surface area contributed by atoms with Crippen LogP contribution in [-0.4, -0.2) is 57.8 Å². The van der Waals surface area contributed by atoms with Crippen molar-refractivity contribution in [3.8, 4) is 0 Å². The molecule has 7 nitrogen and oxygen atoms in total. The summed E-state index contributed by atoms with van der Waals surface area (Å²) in [5.41, 5.74) is -0.601. The number of carbonyl (C=O) groups is 2. The van der Waals surface area contributed by atoms with Crippen LogP contribution in [0.1, 0.15) is 41.4 Å². The first-order chi connectivity index (χ1) is 12.9. The van der Waals surface area contributed by atoms with E-state index in [9.17, 15) is 18.0 Å². The molecule has 0 heterocycles. The minimum absolute atomic E-state index is 0.0883. The van der Waals surface area contributed by atoms with Crippen molar-refractivity contribution >= 4 is 29.9 Å². The van der Waals surface area contributed by atoms with Gasteiger partial charge < -0.3 is 14.3 Å². The topological polar surface area (TPSA) is 90.0 Å². The van der Waals surface area contributed by atoms with Crippen molar-refractivity contribution in [1.82, 2.24) is 4.81 Å². The number of carbonyl (C=O) groups excluding carboxylic acids is 2. The zero-order valence-electron chi connectivity index (χ0n) is 17.3. The van der Waals surface area contributed by atoms with E-state index in [-0.39, 0.29) is 24.8 Å². The molecule has 1 unspecified atom stereocenters. The molecule has 0 bridgehead atoms. The summed E-state index contributed by atoms with van der Waals surface area (Å²) in [5.74, 6) is -0.796. The Morgan fingerprint density at radius 1 is 1.26 bits per heavy atom. The predicted octanol–water partition coefficient (Wildman–Crippen LogP) is 1.96. The number of rotatable bonds is 8. The molecule has 0 radical (unpaired) electrons.